The Balaban J connectivity index is 1.44. The third-order valence-electron chi connectivity index (χ3n) is 6.00. The number of ether oxygens (including phenoxy) is 1. The number of hydrogen-bond acceptors (Lipinski definition) is 7. The second-order valence-electron chi connectivity index (χ2n) is 8.65. The number of benzene rings is 3. The van der Waals surface area contributed by atoms with E-state index in [1.165, 1.54) is 23.1 Å². The molecule has 8 heteroatoms. The molecule has 5 aromatic rings. The molecule has 0 aliphatic carbocycles. The second-order valence-corrected chi connectivity index (χ2v) is 10.5. The molecule has 0 atom stereocenters. The fourth-order valence-electron chi connectivity index (χ4n) is 4.05. The van der Waals surface area contributed by atoms with Gasteiger partial charge in [0.25, 0.3) is 0 Å². The number of thioether (sulfide) groups is 1. The number of hydrogen-bond donors (Lipinski definition) is 1. The first-order chi connectivity index (χ1) is 19.1. The van der Waals surface area contributed by atoms with Gasteiger partial charge in [0, 0.05) is 27.6 Å². The zero-order valence-electron chi connectivity index (χ0n) is 21.3. The highest BCUT2D eigenvalue weighted by atomic mass is 32.2. The molecule has 39 heavy (non-hydrogen) atoms. The lowest BCUT2D eigenvalue weighted by molar-refractivity contribution is -0.113. The van der Waals surface area contributed by atoms with Crippen LogP contribution in [0.1, 0.15) is 11.1 Å². The maximum Gasteiger partial charge on any atom is 0.236 e. The zero-order valence-corrected chi connectivity index (χ0v) is 23.0. The molecule has 0 aliphatic heterocycles. The van der Waals surface area contributed by atoms with Crippen molar-refractivity contribution in [2.24, 2.45) is 0 Å². The van der Waals surface area contributed by atoms with Crippen molar-refractivity contribution < 1.29 is 9.53 Å². The molecular weight excluding hydrogens is 525 g/mol. The van der Waals surface area contributed by atoms with Crippen molar-refractivity contribution >= 4 is 34.1 Å². The van der Waals surface area contributed by atoms with Crippen LogP contribution in [-0.2, 0) is 4.79 Å². The number of nitriles is 1. The summed E-state index contributed by atoms with van der Waals surface area (Å²) < 4.78 is 5.59. The van der Waals surface area contributed by atoms with Gasteiger partial charge in [0.1, 0.15) is 16.8 Å². The van der Waals surface area contributed by atoms with Gasteiger partial charge in [-0.3, -0.25) is 4.79 Å². The summed E-state index contributed by atoms with van der Waals surface area (Å²) in [6.45, 7) is 2.03. The van der Waals surface area contributed by atoms with Crippen LogP contribution in [0.2, 0.25) is 0 Å². The van der Waals surface area contributed by atoms with Gasteiger partial charge in [-0.25, -0.2) is 9.97 Å². The number of carbonyl (C=O) groups is 1. The molecule has 6 nitrogen and oxygen atoms in total. The van der Waals surface area contributed by atoms with Gasteiger partial charge >= 0.3 is 0 Å². The third-order valence-corrected chi connectivity index (χ3v) is 7.74. The molecule has 0 saturated heterocycles. The second kappa shape index (κ2) is 11.9. The Morgan fingerprint density at radius 2 is 1.67 bits per heavy atom. The van der Waals surface area contributed by atoms with Gasteiger partial charge in [-0.15, -0.1) is 11.3 Å². The van der Waals surface area contributed by atoms with Crippen LogP contribution in [-0.4, -0.2) is 28.7 Å². The zero-order chi connectivity index (χ0) is 27.2. The number of para-hydroxylation sites is 1. The normalized spacial score (nSPS) is 10.6. The number of thiazole rings is 1. The van der Waals surface area contributed by atoms with E-state index in [9.17, 15) is 10.1 Å². The van der Waals surface area contributed by atoms with Crippen molar-refractivity contribution in [3.63, 3.8) is 0 Å². The molecule has 0 radical (unpaired) electrons. The number of aryl methyl sites for hydroxylation is 1. The molecule has 5 rings (SSSR count). The van der Waals surface area contributed by atoms with E-state index < -0.39 is 0 Å². The maximum absolute atomic E-state index is 12.9. The summed E-state index contributed by atoms with van der Waals surface area (Å²) in [6, 6.07) is 29.7. The summed E-state index contributed by atoms with van der Waals surface area (Å²) in [6.07, 6.45) is 0. The minimum atomic E-state index is -0.223. The Kier molecular flexibility index (Phi) is 8.02. The first kappa shape index (κ1) is 26.2. The summed E-state index contributed by atoms with van der Waals surface area (Å²) in [5.74, 6) is 0.506. The van der Waals surface area contributed by atoms with Crippen molar-refractivity contribution in [1.82, 2.24) is 9.97 Å². The summed E-state index contributed by atoms with van der Waals surface area (Å²) in [5, 5.41) is 16.0. The van der Waals surface area contributed by atoms with Crippen molar-refractivity contribution in [2.45, 2.75) is 11.9 Å². The van der Waals surface area contributed by atoms with Gasteiger partial charge < -0.3 is 10.1 Å². The van der Waals surface area contributed by atoms with E-state index in [-0.39, 0.29) is 11.7 Å². The van der Waals surface area contributed by atoms with Gasteiger partial charge in [-0.05, 0) is 19.1 Å². The molecule has 0 fully saturated rings. The Bertz CT molecular complexity index is 1660. The van der Waals surface area contributed by atoms with Crippen LogP contribution in [0.4, 0.5) is 5.13 Å². The maximum atomic E-state index is 12.9. The molecule has 0 unspecified atom stereocenters. The predicted molar refractivity (Wildman–Crippen MR) is 158 cm³/mol. The fourth-order valence-corrected chi connectivity index (χ4v) is 5.59. The Morgan fingerprint density at radius 1 is 0.949 bits per heavy atom. The van der Waals surface area contributed by atoms with Crippen LogP contribution in [0.15, 0.2) is 95.3 Å². The molecule has 0 aliphatic rings. The Morgan fingerprint density at radius 3 is 2.41 bits per heavy atom. The molecule has 0 saturated carbocycles. The smallest absolute Gasteiger partial charge is 0.236 e. The summed E-state index contributed by atoms with van der Waals surface area (Å²) in [5.41, 5.74) is 6.46. The van der Waals surface area contributed by atoms with Crippen molar-refractivity contribution in [2.75, 3.05) is 18.2 Å². The van der Waals surface area contributed by atoms with Crippen LogP contribution in [0, 0.1) is 18.3 Å². The lowest BCUT2D eigenvalue weighted by Gasteiger charge is -2.14. The van der Waals surface area contributed by atoms with Gasteiger partial charge in [0.05, 0.1) is 29.8 Å². The lowest BCUT2D eigenvalue weighted by atomic mass is 9.98. The van der Waals surface area contributed by atoms with Crippen LogP contribution in [0.5, 0.6) is 5.75 Å². The van der Waals surface area contributed by atoms with Gasteiger partial charge in [-0.1, -0.05) is 90.1 Å². The first-order valence-corrected chi connectivity index (χ1v) is 14.0. The summed E-state index contributed by atoms with van der Waals surface area (Å²) in [4.78, 5) is 22.2. The monoisotopic (exact) mass is 548 g/mol. The Labute approximate surface area is 235 Å². The van der Waals surface area contributed by atoms with Crippen LogP contribution < -0.4 is 10.1 Å². The molecule has 0 spiro atoms. The van der Waals surface area contributed by atoms with E-state index in [2.05, 4.69) is 16.4 Å². The van der Waals surface area contributed by atoms with E-state index in [0.29, 0.717) is 32.7 Å². The van der Waals surface area contributed by atoms with E-state index in [1.54, 1.807) is 7.11 Å². The predicted octanol–water partition coefficient (Wildman–Crippen LogP) is 7.46. The number of nitrogens with zero attached hydrogens (tertiary/aromatic N) is 3. The largest absolute Gasteiger partial charge is 0.496 e. The highest BCUT2D eigenvalue weighted by molar-refractivity contribution is 8.00. The third kappa shape index (κ3) is 6.01. The molecule has 3 aromatic carbocycles. The quantitative estimate of drug-likeness (QED) is 0.203. The van der Waals surface area contributed by atoms with Gasteiger partial charge in [0.15, 0.2) is 5.13 Å². The number of methoxy groups -OCH3 is 1. The molecule has 1 amide bonds. The van der Waals surface area contributed by atoms with E-state index in [1.807, 2.05) is 97.2 Å². The average molecular weight is 549 g/mol. The van der Waals surface area contributed by atoms with Gasteiger partial charge in [0.2, 0.25) is 5.91 Å². The molecule has 0 bridgehead atoms. The minimum absolute atomic E-state index is 0.0741. The van der Waals surface area contributed by atoms with Crippen molar-refractivity contribution in [3.05, 3.63) is 101 Å². The minimum Gasteiger partial charge on any atom is -0.496 e. The SMILES string of the molecule is COc1ccccc1-c1cc(-c2ccc(C)cc2)nc(SCC(=O)Nc2nc(-c3ccccc3)cs2)c1C#N. The van der Waals surface area contributed by atoms with Crippen molar-refractivity contribution in [1.29, 1.82) is 5.26 Å². The molecule has 1 N–H and O–H groups in total. The number of aromatic nitrogens is 2. The Hall–Kier alpha value is -4.45. The number of anilines is 1. The number of rotatable bonds is 8. The number of carbonyl (C=O) groups excluding carboxylic acids is 1. The number of nitrogens with one attached hydrogen (secondary N) is 1. The van der Waals surface area contributed by atoms with Crippen molar-refractivity contribution in [3.8, 4) is 45.5 Å². The standard InChI is InChI=1S/C31H24N4O2S2/c1-20-12-14-22(15-13-20)26-16-24(23-10-6-7-11-28(23)37-2)25(17-32)30(33-26)38-19-29(36)35-31-34-27(18-39-31)21-8-4-3-5-9-21/h3-16,18H,19H2,1-2H3,(H,34,35,36). The van der Waals surface area contributed by atoms with E-state index in [4.69, 9.17) is 9.72 Å². The first-order valence-electron chi connectivity index (χ1n) is 12.1. The summed E-state index contributed by atoms with van der Waals surface area (Å²) in [7, 11) is 1.61. The van der Waals surface area contributed by atoms with Crippen LogP contribution >= 0.6 is 23.1 Å². The van der Waals surface area contributed by atoms with Crippen LogP contribution in [0.25, 0.3) is 33.6 Å². The lowest BCUT2D eigenvalue weighted by Crippen LogP contribution is -2.14. The van der Waals surface area contributed by atoms with Gasteiger partial charge in [-0.2, -0.15) is 5.26 Å². The highest BCUT2D eigenvalue weighted by Crippen LogP contribution is 2.38. The number of amides is 1. The molecular formula is C31H24N4O2S2. The highest BCUT2D eigenvalue weighted by Gasteiger charge is 2.19. The van der Waals surface area contributed by atoms with E-state index >= 15 is 0 Å². The average Bonchev–Trinajstić information content (AvgIpc) is 3.44. The van der Waals surface area contributed by atoms with E-state index in [0.717, 1.165) is 27.9 Å². The fraction of sp³-hybridized carbons (Fsp3) is 0.0968. The molecule has 2 aromatic heterocycles. The number of pyridine rings is 1. The summed E-state index contributed by atoms with van der Waals surface area (Å²) >= 11 is 2.60. The molecule has 2 heterocycles. The topological polar surface area (TPSA) is 87.9 Å². The molecule has 192 valence electrons. The van der Waals surface area contributed by atoms with Crippen LogP contribution in [0.3, 0.4) is 0 Å².